The van der Waals surface area contributed by atoms with Crippen molar-refractivity contribution in [2.45, 2.75) is 12.2 Å². The predicted octanol–water partition coefficient (Wildman–Crippen LogP) is 2.52. The topological polar surface area (TPSA) is 38.8 Å². The van der Waals surface area contributed by atoms with E-state index in [1.165, 1.54) is 0 Å². The summed E-state index contributed by atoms with van der Waals surface area (Å²) in [6.45, 7) is -0.819. The number of hydrogen-bond acceptors (Lipinski definition) is 4. The van der Waals surface area contributed by atoms with E-state index in [1.54, 1.807) is 0 Å². The summed E-state index contributed by atoms with van der Waals surface area (Å²) >= 11 is 0. The normalized spacial score (nSPS) is 19.2. The molecule has 1 aromatic rings. The van der Waals surface area contributed by atoms with Gasteiger partial charge in [0.2, 0.25) is 0 Å². The van der Waals surface area contributed by atoms with Gasteiger partial charge >= 0.3 is 12.1 Å². The van der Waals surface area contributed by atoms with Crippen LogP contribution in [0.1, 0.15) is 10.4 Å². The van der Waals surface area contributed by atoms with Crippen LogP contribution in [0.2, 0.25) is 0 Å². The van der Waals surface area contributed by atoms with Gasteiger partial charge in [-0.15, -0.1) is 0 Å². The first-order valence-corrected chi connectivity index (χ1v) is 6.24. The highest BCUT2D eigenvalue weighted by Crippen LogP contribution is 2.32. The van der Waals surface area contributed by atoms with Crippen molar-refractivity contribution in [2.24, 2.45) is 0 Å². The van der Waals surface area contributed by atoms with E-state index in [0.29, 0.717) is 12.1 Å². The Labute approximate surface area is 122 Å². The number of ether oxygens (including phenoxy) is 2. The average molecular weight is 325 g/mol. The lowest BCUT2D eigenvalue weighted by atomic mass is 10.1. The number of esters is 1. The molecular formula is C13H12F5NO3. The fraction of sp³-hybridized carbons (Fsp3) is 0.462. The Balaban J connectivity index is 2.41. The Bertz CT molecular complexity index is 552. The van der Waals surface area contributed by atoms with Gasteiger partial charge in [-0.3, -0.25) is 0 Å². The van der Waals surface area contributed by atoms with Gasteiger partial charge in [-0.2, -0.15) is 13.2 Å². The Kier molecular flexibility index (Phi) is 4.55. The summed E-state index contributed by atoms with van der Waals surface area (Å²) in [5, 5.41) is 0. The van der Waals surface area contributed by atoms with Gasteiger partial charge in [0, 0.05) is 12.2 Å². The number of carbonyl (C=O) groups excluding carboxylic acids is 1. The van der Waals surface area contributed by atoms with Gasteiger partial charge in [0.25, 0.3) is 0 Å². The third-order valence-corrected chi connectivity index (χ3v) is 3.25. The minimum Gasteiger partial charge on any atom is -0.465 e. The second-order valence-electron chi connectivity index (χ2n) is 4.60. The summed E-state index contributed by atoms with van der Waals surface area (Å²) in [6, 6.07) is -0.650. The van der Waals surface area contributed by atoms with Gasteiger partial charge in [0.05, 0.1) is 20.3 Å². The molecule has 0 amide bonds. The fourth-order valence-corrected chi connectivity index (χ4v) is 2.21. The second kappa shape index (κ2) is 6.07. The molecule has 1 aliphatic heterocycles. The molecule has 0 N–H and O–H groups in total. The number of methoxy groups -OCH3 is 1. The third-order valence-electron chi connectivity index (χ3n) is 3.25. The summed E-state index contributed by atoms with van der Waals surface area (Å²) < 4.78 is 75.6. The van der Waals surface area contributed by atoms with Crippen molar-refractivity contribution in [1.82, 2.24) is 0 Å². The van der Waals surface area contributed by atoms with Crippen molar-refractivity contribution in [3.8, 4) is 0 Å². The Morgan fingerprint density at radius 2 is 1.91 bits per heavy atom. The molecule has 0 aromatic heterocycles. The van der Waals surface area contributed by atoms with E-state index in [4.69, 9.17) is 4.74 Å². The maximum Gasteiger partial charge on any atom is 0.411 e. The van der Waals surface area contributed by atoms with Crippen molar-refractivity contribution in [3.63, 3.8) is 0 Å². The molecule has 1 saturated heterocycles. The van der Waals surface area contributed by atoms with Gasteiger partial charge in [-0.25, -0.2) is 13.6 Å². The number of benzene rings is 1. The summed E-state index contributed by atoms with van der Waals surface area (Å²) in [6.07, 6.45) is -4.62. The quantitative estimate of drug-likeness (QED) is 0.619. The summed E-state index contributed by atoms with van der Waals surface area (Å²) in [7, 11) is 0.941. The van der Waals surface area contributed by atoms with Crippen LogP contribution in [0.25, 0.3) is 0 Å². The molecule has 0 spiro atoms. The maximum atomic E-state index is 13.8. The first-order valence-electron chi connectivity index (χ1n) is 6.24. The molecule has 22 heavy (non-hydrogen) atoms. The highest BCUT2D eigenvalue weighted by molar-refractivity contribution is 5.90. The molecule has 1 aromatic carbocycles. The summed E-state index contributed by atoms with van der Waals surface area (Å²) in [5.41, 5.74) is -1.25. The first-order chi connectivity index (χ1) is 10.3. The third kappa shape index (κ3) is 3.13. The van der Waals surface area contributed by atoms with Crippen molar-refractivity contribution in [1.29, 1.82) is 0 Å². The number of hydrogen-bond donors (Lipinski definition) is 0. The SMILES string of the molecule is COC(=O)c1c(F)cc(N2CCOCC2C(F)(F)F)cc1F. The predicted molar refractivity (Wildman–Crippen MR) is 65.7 cm³/mol. The van der Waals surface area contributed by atoms with E-state index in [2.05, 4.69) is 4.74 Å². The molecule has 1 fully saturated rings. The molecular weight excluding hydrogens is 313 g/mol. The van der Waals surface area contributed by atoms with E-state index in [1.807, 2.05) is 0 Å². The van der Waals surface area contributed by atoms with Crippen molar-refractivity contribution < 1.29 is 36.2 Å². The largest absolute Gasteiger partial charge is 0.465 e. The minimum absolute atomic E-state index is 0.00539. The van der Waals surface area contributed by atoms with Crippen molar-refractivity contribution >= 4 is 11.7 Å². The van der Waals surface area contributed by atoms with Gasteiger partial charge in [0.15, 0.2) is 0 Å². The highest BCUT2D eigenvalue weighted by atomic mass is 19.4. The van der Waals surface area contributed by atoms with Crippen LogP contribution in [-0.4, -0.2) is 45.1 Å². The zero-order chi connectivity index (χ0) is 16.5. The van der Waals surface area contributed by atoms with Gasteiger partial charge in [-0.05, 0) is 12.1 Å². The smallest absolute Gasteiger partial charge is 0.411 e. The lowest BCUT2D eigenvalue weighted by Crippen LogP contribution is -2.53. The molecule has 1 aliphatic rings. The Morgan fingerprint density at radius 1 is 1.32 bits per heavy atom. The zero-order valence-electron chi connectivity index (χ0n) is 11.4. The fourth-order valence-electron chi connectivity index (χ4n) is 2.21. The second-order valence-corrected chi connectivity index (χ2v) is 4.60. The number of alkyl halides is 3. The Hall–Kier alpha value is -1.90. The average Bonchev–Trinajstić information content (AvgIpc) is 2.45. The van der Waals surface area contributed by atoms with Gasteiger partial charge < -0.3 is 14.4 Å². The van der Waals surface area contributed by atoms with E-state index in [9.17, 15) is 26.7 Å². The van der Waals surface area contributed by atoms with Gasteiger partial charge in [-0.1, -0.05) is 0 Å². The van der Waals surface area contributed by atoms with Crippen molar-refractivity contribution in [2.75, 3.05) is 31.8 Å². The molecule has 1 atom stereocenters. The molecule has 9 heteroatoms. The number of nitrogens with zero attached hydrogens (tertiary/aromatic N) is 1. The molecule has 1 unspecified atom stereocenters. The van der Waals surface area contributed by atoms with Crippen LogP contribution in [-0.2, 0) is 9.47 Å². The number of anilines is 1. The molecule has 0 aliphatic carbocycles. The standard InChI is InChI=1S/C13H12F5NO3/c1-21-12(20)11-8(14)4-7(5-9(11)15)19-2-3-22-6-10(19)13(16,17)18/h4-5,10H,2-3,6H2,1H3. The Morgan fingerprint density at radius 3 is 2.41 bits per heavy atom. The first kappa shape index (κ1) is 16.5. The number of halogens is 5. The van der Waals surface area contributed by atoms with E-state index < -0.39 is 42.0 Å². The minimum atomic E-state index is -4.62. The number of morpholine rings is 1. The monoisotopic (exact) mass is 325 g/mol. The van der Waals surface area contributed by atoms with Gasteiger partial charge in [0.1, 0.15) is 23.2 Å². The van der Waals surface area contributed by atoms with Crippen LogP contribution in [0.15, 0.2) is 12.1 Å². The molecule has 1 heterocycles. The lowest BCUT2D eigenvalue weighted by molar-refractivity contribution is -0.167. The van der Waals surface area contributed by atoms with Crippen molar-refractivity contribution in [3.05, 3.63) is 29.3 Å². The van der Waals surface area contributed by atoms with Crippen LogP contribution >= 0.6 is 0 Å². The zero-order valence-corrected chi connectivity index (χ0v) is 11.4. The van der Waals surface area contributed by atoms with Crippen LogP contribution in [0, 0.1) is 11.6 Å². The lowest BCUT2D eigenvalue weighted by Gasteiger charge is -2.38. The van der Waals surface area contributed by atoms with Crippen LogP contribution < -0.4 is 4.90 Å². The molecule has 4 nitrogen and oxygen atoms in total. The van der Waals surface area contributed by atoms with E-state index in [0.717, 1.165) is 12.0 Å². The van der Waals surface area contributed by atoms with E-state index >= 15 is 0 Å². The van der Waals surface area contributed by atoms with Crippen LogP contribution in [0.5, 0.6) is 0 Å². The summed E-state index contributed by atoms with van der Waals surface area (Å²) in [4.78, 5) is 12.1. The molecule has 0 radical (unpaired) electrons. The summed E-state index contributed by atoms with van der Waals surface area (Å²) in [5.74, 6) is -3.81. The highest BCUT2D eigenvalue weighted by Gasteiger charge is 2.45. The van der Waals surface area contributed by atoms with E-state index in [-0.39, 0.29) is 18.8 Å². The molecule has 122 valence electrons. The number of carbonyl (C=O) groups is 1. The van der Waals surface area contributed by atoms with Crippen LogP contribution in [0.4, 0.5) is 27.6 Å². The number of rotatable bonds is 2. The molecule has 2 rings (SSSR count). The maximum absolute atomic E-state index is 13.8. The molecule has 0 saturated carbocycles. The molecule has 0 bridgehead atoms. The van der Waals surface area contributed by atoms with Crippen LogP contribution in [0.3, 0.4) is 0 Å².